The summed E-state index contributed by atoms with van der Waals surface area (Å²) in [6, 6.07) is 10.4. The van der Waals surface area contributed by atoms with Crippen LogP contribution in [0, 0.1) is 12.7 Å². The van der Waals surface area contributed by atoms with E-state index in [0.717, 1.165) is 22.0 Å². The summed E-state index contributed by atoms with van der Waals surface area (Å²) in [4.78, 5) is 4.41. The number of aryl methyl sites for hydroxylation is 1. The third kappa shape index (κ3) is 2.34. The maximum atomic E-state index is 13.5. The van der Waals surface area contributed by atoms with Gasteiger partial charge in [-0.1, -0.05) is 29.8 Å². The summed E-state index contributed by atoms with van der Waals surface area (Å²) in [6.45, 7) is 2.00. The van der Waals surface area contributed by atoms with Crippen molar-refractivity contribution in [3.8, 4) is 16.9 Å². The number of methoxy groups -OCH3 is 1. The van der Waals surface area contributed by atoms with Crippen molar-refractivity contribution in [3.05, 3.63) is 59.0 Å². The molecule has 0 aliphatic rings. The number of ether oxygens (including phenoxy) is 1. The summed E-state index contributed by atoms with van der Waals surface area (Å²) in [6.07, 6.45) is 1.75. The highest BCUT2D eigenvalue weighted by molar-refractivity contribution is 6.34. The molecule has 0 saturated carbocycles. The molecule has 3 aromatic rings. The zero-order chi connectivity index (χ0) is 15.0. The van der Waals surface area contributed by atoms with Crippen LogP contribution in [0.4, 0.5) is 4.39 Å². The van der Waals surface area contributed by atoms with Gasteiger partial charge in [0.25, 0.3) is 0 Å². The highest BCUT2D eigenvalue weighted by Gasteiger charge is 2.16. The van der Waals surface area contributed by atoms with E-state index in [1.807, 2.05) is 31.2 Å². The minimum atomic E-state index is -0.421. The number of hydrogen-bond acceptors (Lipinski definition) is 2. The normalized spacial score (nSPS) is 10.9. The van der Waals surface area contributed by atoms with Gasteiger partial charge in [0.05, 0.1) is 17.6 Å². The first-order chi connectivity index (χ1) is 10.1. The second-order valence-electron chi connectivity index (χ2n) is 4.79. The van der Waals surface area contributed by atoms with Crippen LogP contribution in [0.25, 0.3) is 22.0 Å². The number of aromatic nitrogens is 1. The Morgan fingerprint density at radius 2 is 2.00 bits per heavy atom. The van der Waals surface area contributed by atoms with Crippen LogP contribution in [0.3, 0.4) is 0 Å². The second kappa shape index (κ2) is 5.34. The summed E-state index contributed by atoms with van der Waals surface area (Å²) in [5, 5.41) is 1.28. The topological polar surface area (TPSA) is 22.1 Å². The largest absolute Gasteiger partial charge is 0.496 e. The summed E-state index contributed by atoms with van der Waals surface area (Å²) in [7, 11) is 1.50. The van der Waals surface area contributed by atoms with Gasteiger partial charge in [0, 0.05) is 23.2 Å². The van der Waals surface area contributed by atoms with Crippen molar-refractivity contribution in [1.82, 2.24) is 4.98 Å². The minimum absolute atomic E-state index is 0.320. The van der Waals surface area contributed by atoms with Gasteiger partial charge in [-0.05, 0) is 30.2 Å². The molecule has 0 fully saturated rings. The molecule has 0 saturated heterocycles. The van der Waals surface area contributed by atoms with Crippen LogP contribution in [0.15, 0.2) is 42.6 Å². The molecule has 2 nitrogen and oxygen atoms in total. The minimum Gasteiger partial charge on any atom is -0.496 e. The van der Waals surface area contributed by atoms with E-state index in [0.29, 0.717) is 16.3 Å². The van der Waals surface area contributed by atoms with E-state index < -0.39 is 5.82 Å². The molecule has 1 heterocycles. The smallest absolute Gasteiger partial charge is 0.131 e. The van der Waals surface area contributed by atoms with Crippen LogP contribution >= 0.6 is 11.6 Å². The van der Waals surface area contributed by atoms with Crippen molar-refractivity contribution < 1.29 is 9.13 Å². The lowest BCUT2D eigenvalue weighted by atomic mass is 9.97. The Bertz CT molecular complexity index is 832. The van der Waals surface area contributed by atoms with Crippen LogP contribution in [-0.4, -0.2) is 12.1 Å². The zero-order valence-electron chi connectivity index (χ0n) is 11.7. The standard InChI is InChI=1S/C17H13ClFNO/c1-10-5-6-12(13-4-3-7-20-17(10)13)16-14(18)8-11(19)9-15(16)21-2/h3-9H,1-2H3. The molecule has 0 N–H and O–H groups in total. The molecule has 0 aliphatic heterocycles. The predicted molar refractivity (Wildman–Crippen MR) is 83.4 cm³/mol. The first kappa shape index (κ1) is 13.8. The molecule has 0 bridgehead atoms. The molecular formula is C17H13ClFNO. The van der Waals surface area contributed by atoms with Crippen molar-refractivity contribution >= 4 is 22.5 Å². The number of rotatable bonds is 2. The van der Waals surface area contributed by atoms with E-state index in [4.69, 9.17) is 16.3 Å². The van der Waals surface area contributed by atoms with E-state index in [2.05, 4.69) is 4.98 Å². The van der Waals surface area contributed by atoms with E-state index in [-0.39, 0.29) is 0 Å². The Balaban J connectivity index is 2.39. The summed E-state index contributed by atoms with van der Waals surface area (Å²) < 4.78 is 18.8. The lowest BCUT2D eigenvalue weighted by molar-refractivity contribution is 0.413. The van der Waals surface area contributed by atoms with E-state index in [1.54, 1.807) is 6.20 Å². The third-order valence-corrected chi connectivity index (χ3v) is 3.78. The first-order valence-corrected chi connectivity index (χ1v) is 6.87. The van der Waals surface area contributed by atoms with Crippen LogP contribution in [0.2, 0.25) is 5.02 Å². The number of fused-ring (bicyclic) bond motifs is 1. The van der Waals surface area contributed by atoms with Gasteiger partial charge < -0.3 is 4.74 Å². The number of nitrogens with zero attached hydrogens (tertiary/aromatic N) is 1. The molecule has 106 valence electrons. The van der Waals surface area contributed by atoms with Crippen molar-refractivity contribution in [3.63, 3.8) is 0 Å². The molecule has 0 spiro atoms. The monoisotopic (exact) mass is 301 g/mol. The molecule has 2 aromatic carbocycles. The quantitative estimate of drug-likeness (QED) is 0.663. The molecule has 0 aliphatic carbocycles. The zero-order valence-corrected chi connectivity index (χ0v) is 12.4. The number of hydrogen-bond donors (Lipinski definition) is 0. The van der Waals surface area contributed by atoms with Crippen molar-refractivity contribution in [2.24, 2.45) is 0 Å². The Morgan fingerprint density at radius 1 is 1.19 bits per heavy atom. The van der Waals surface area contributed by atoms with Gasteiger partial charge in [-0.2, -0.15) is 0 Å². The molecule has 1 aromatic heterocycles. The van der Waals surface area contributed by atoms with Crippen LogP contribution in [-0.2, 0) is 0 Å². The highest BCUT2D eigenvalue weighted by Crippen LogP contribution is 2.40. The van der Waals surface area contributed by atoms with E-state index in [9.17, 15) is 4.39 Å². The van der Waals surface area contributed by atoms with E-state index in [1.165, 1.54) is 19.2 Å². The van der Waals surface area contributed by atoms with Gasteiger partial charge in [0.2, 0.25) is 0 Å². The summed E-state index contributed by atoms with van der Waals surface area (Å²) in [5.41, 5.74) is 3.54. The number of pyridine rings is 1. The lowest BCUT2D eigenvalue weighted by Crippen LogP contribution is -1.93. The molecule has 0 atom stereocenters. The van der Waals surface area contributed by atoms with Gasteiger partial charge in [-0.15, -0.1) is 0 Å². The molecule has 0 radical (unpaired) electrons. The number of benzene rings is 2. The first-order valence-electron chi connectivity index (χ1n) is 6.49. The Kier molecular flexibility index (Phi) is 3.52. The van der Waals surface area contributed by atoms with Crippen LogP contribution in [0.5, 0.6) is 5.75 Å². The van der Waals surface area contributed by atoms with Gasteiger partial charge >= 0.3 is 0 Å². The average Bonchev–Trinajstić information content (AvgIpc) is 2.48. The molecule has 0 unspecified atom stereocenters. The molecule has 21 heavy (non-hydrogen) atoms. The lowest BCUT2D eigenvalue weighted by Gasteiger charge is -2.14. The van der Waals surface area contributed by atoms with Crippen molar-refractivity contribution in [2.75, 3.05) is 7.11 Å². The SMILES string of the molecule is COc1cc(F)cc(Cl)c1-c1ccc(C)c2ncccc12. The van der Waals surface area contributed by atoms with Crippen molar-refractivity contribution in [1.29, 1.82) is 0 Å². The number of halogens is 2. The fraction of sp³-hybridized carbons (Fsp3) is 0.118. The molecule has 0 amide bonds. The Morgan fingerprint density at radius 3 is 2.76 bits per heavy atom. The van der Waals surface area contributed by atoms with Crippen molar-refractivity contribution in [2.45, 2.75) is 6.92 Å². The third-order valence-electron chi connectivity index (χ3n) is 3.48. The summed E-state index contributed by atoms with van der Waals surface area (Å²) in [5.74, 6) is -0.0100. The second-order valence-corrected chi connectivity index (χ2v) is 5.20. The molecule has 3 rings (SSSR count). The van der Waals surface area contributed by atoms with Gasteiger partial charge in [-0.25, -0.2) is 4.39 Å². The molecular weight excluding hydrogens is 289 g/mol. The van der Waals surface area contributed by atoms with E-state index >= 15 is 0 Å². The summed E-state index contributed by atoms with van der Waals surface area (Å²) >= 11 is 6.25. The fourth-order valence-corrected chi connectivity index (χ4v) is 2.80. The Labute approximate surface area is 127 Å². The molecule has 4 heteroatoms. The fourth-order valence-electron chi connectivity index (χ4n) is 2.50. The van der Waals surface area contributed by atoms with Gasteiger partial charge in [0.15, 0.2) is 0 Å². The van der Waals surface area contributed by atoms with Crippen LogP contribution < -0.4 is 4.74 Å². The highest BCUT2D eigenvalue weighted by atomic mass is 35.5. The van der Waals surface area contributed by atoms with Crippen LogP contribution in [0.1, 0.15) is 5.56 Å². The van der Waals surface area contributed by atoms with Gasteiger partial charge in [0.1, 0.15) is 11.6 Å². The predicted octanol–water partition coefficient (Wildman–Crippen LogP) is 5.01. The average molecular weight is 302 g/mol. The maximum absolute atomic E-state index is 13.5. The maximum Gasteiger partial charge on any atom is 0.131 e. The van der Waals surface area contributed by atoms with Gasteiger partial charge in [-0.3, -0.25) is 4.98 Å². The Hall–Kier alpha value is -2.13.